The minimum absolute atomic E-state index is 0.145. The van der Waals surface area contributed by atoms with E-state index in [0.717, 1.165) is 12.2 Å². The van der Waals surface area contributed by atoms with Crippen molar-refractivity contribution in [3.63, 3.8) is 0 Å². The van der Waals surface area contributed by atoms with E-state index < -0.39 is 0 Å². The van der Waals surface area contributed by atoms with Crippen LogP contribution in [0.25, 0.3) is 0 Å². The van der Waals surface area contributed by atoms with E-state index in [1.807, 2.05) is 22.6 Å². The van der Waals surface area contributed by atoms with E-state index in [-0.39, 0.29) is 11.9 Å². The Kier molecular flexibility index (Phi) is 4.95. The Morgan fingerprint density at radius 2 is 2.35 bits per heavy atom. The summed E-state index contributed by atoms with van der Waals surface area (Å²) in [6.07, 6.45) is 4.54. The molecule has 108 valence electrons. The second kappa shape index (κ2) is 6.70. The molecule has 1 atom stereocenters. The molecule has 0 fully saturated rings. The van der Waals surface area contributed by atoms with E-state index in [1.165, 1.54) is 5.56 Å². The van der Waals surface area contributed by atoms with Crippen molar-refractivity contribution in [2.24, 2.45) is 0 Å². The summed E-state index contributed by atoms with van der Waals surface area (Å²) in [6.45, 7) is 7.18. The van der Waals surface area contributed by atoms with Crippen LogP contribution >= 0.6 is 11.3 Å². The van der Waals surface area contributed by atoms with Gasteiger partial charge in [-0.1, -0.05) is 6.92 Å². The maximum atomic E-state index is 12.6. The summed E-state index contributed by atoms with van der Waals surface area (Å²) in [5.41, 5.74) is 1.20. The van der Waals surface area contributed by atoms with Gasteiger partial charge >= 0.3 is 0 Å². The van der Waals surface area contributed by atoms with Crippen LogP contribution in [-0.4, -0.2) is 26.4 Å². The largest absolute Gasteiger partial charge is 0.334 e. The molecule has 2 heterocycles. The second-order valence-electron chi connectivity index (χ2n) is 5.01. The molecular formula is C15H21N3OS. The smallest absolute Gasteiger partial charge is 0.243 e. The molecule has 4 nitrogen and oxygen atoms in total. The topological polar surface area (TPSA) is 38.1 Å². The van der Waals surface area contributed by atoms with Gasteiger partial charge in [0.2, 0.25) is 5.91 Å². The van der Waals surface area contributed by atoms with E-state index in [0.29, 0.717) is 13.1 Å². The summed E-state index contributed by atoms with van der Waals surface area (Å²) in [5.74, 6) is 1.02. The number of aromatic nitrogens is 2. The number of imidazole rings is 1. The van der Waals surface area contributed by atoms with E-state index in [4.69, 9.17) is 0 Å². The number of rotatable bonds is 6. The van der Waals surface area contributed by atoms with Gasteiger partial charge in [-0.2, -0.15) is 11.3 Å². The van der Waals surface area contributed by atoms with Crippen molar-refractivity contribution < 1.29 is 4.79 Å². The predicted molar refractivity (Wildman–Crippen MR) is 81.6 cm³/mol. The molecule has 0 bridgehead atoms. The Hall–Kier alpha value is -1.62. The predicted octanol–water partition coefficient (Wildman–Crippen LogP) is 3.08. The number of nitrogens with zero attached hydrogens (tertiary/aromatic N) is 3. The maximum Gasteiger partial charge on any atom is 0.243 e. The first-order valence-electron chi connectivity index (χ1n) is 6.90. The zero-order chi connectivity index (χ0) is 14.5. The van der Waals surface area contributed by atoms with E-state index in [9.17, 15) is 4.79 Å². The van der Waals surface area contributed by atoms with Crippen molar-refractivity contribution in [1.29, 1.82) is 0 Å². The normalized spacial score (nSPS) is 12.3. The fourth-order valence-electron chi connectivity index (χ4n) is 2.10. The van der Waals surface area contributed by atoms with Crippen LogP contribution in [0.2, 0.25) is 0 Å². The van der Waals surface area contributed by atoms with Crippen LogP contribution in [0.3, 0.4) is 0 Å². The molecule has 0 radical (unpaired) electrons. The third-order valence-electron chi connectivity index (χ3n) is 3.61. The SMILES string of the molecule is CC[C@H](C)N(Cc1ccsc1)C(=O)Cn1ccnc1C. The lowest BCUT2D eigenvalue weighted by molar-refractivity contribution is -0.134. The van der Waals surface area contributed by atoms with Gasteiger partial charge in [-0.3, -0.25) is 4.79 Å². The molecule has 2 aromatic heterocycles. The maximum absolute atomic E-state index is 12.6. The molecule has 1 amide bonds. The quantitative estimate of drug-likeness (QED) is 0.820. The number of amides is 1. The van der Waals surface area contributed by atoms with E-state index >= 15 is 0 Å². The van der Waals surface area contributed by atoms with Crippen molar-refractivity contribution in [3.05, 3.63) is 40.6 Å². The lowest BCUT2D eigenvalue weighted by Crippen LogP contribution is -2.39. The third kappa shape index (κ3) is 3.48. The highest BCUT2D eigenvalue weighted by Crippen LogP contribution is 2.14. The van der Waals surface area contributed by atoms with E-state index in [1.54, 1.807) is 17.5 Å². The lowest BCUT2D eigenvalue weighted by Gasteiger charge is -2.28. The van der Waals surface area contributed by atoms with Crippen LogP contribution in [0, 0.1) is 6.92 Å². The average molecular weight is 291 g/mol. The Morgan fingerprint density at radius 3 is 2.90 bits per heavy atom. The minimum Gasteiger partial charge on any atom is -0.334 e. The molecule has 5 heteroatoms. The standard InChI is InChI=1S/C15H21N3OS/c1-4-12(2)18(9-14-5-8-20-11-14)15(19)10-17-7-6-16-13(17)3/h5-8,11-12H,4,9-10H2,1-3H3/t12-/m0/s1. The van der Waals surface area contributed by atoms with Gasteiger partial charge in [0, 0.05) is 25.0 Å². The molecule has 0 aliphatic rings. The molecule has 0 saturated carbocycles. The Labute approximate surface area is 124 Å². The van der Waals surface area contributed by atoms with Crippen LogP contribution in [0.15, 0.2) is 29.2 Å². The van der Waals surface area contributed by atoms with Gasteiger partial charge in [0.15, 0.2) is 0 Å². The zero-order valence-electron chi connectivity index (χ0n) is 12.2. The molecule has 0 spiro atoms. The van der Waals surface area contributed by atoms with Crippen LogP contribution in [0.4, 0.5) is 0 Å². The van der Waals surface area contributed by atoms with Gasteiger partial charge in [0.25, 0.3) is 0 Å². The number of hydrogen-bond acceptors (Lipinski definition) is 3. The number of carbonyl (C=O) groups is 1. The van der Waals surface area contributed by atoms with Gasteiger partial charge in [-0.05, 0) is 42.7 Å². The molecule has 0 aliphatic heterocycles. The highest BCUT2D eigenvalue weighted by Gasteiger charge is 2.20. The second-order valence-corrected chi connectivity index (χ2v) is 5.79. The molecule has 0 aliphatic carbocycles. The Bertz CT molecular complexity index is 547. The number of hydrogen-bond donors (Lipinski definition) is 0. The first-order valence-corrected chi connectivity index (χ1v) is 7.84. The molecule has 0 aromatic carbocycles. The zero-order valence-corrected chi connectivity index (χ0v) is 13.1. The van der Waals surface area contributed by atoms with Gasteiger partial charge in [-0.25, -0.2) is 4.98 Å². The summed E-state index contributed by atoms with van der Waals surface area (Å²) in [5, 5.41) is 4.15. The first kappa shape index (κ1) is 14.8. The van der Waals surface area contributed by atoms with Gasteiger partial charge in [0.05, 0.1) is 0 Å². The number of aryl methyl sites for hydroxylation is 1. The Morgan fingerprint density at radius 1 is 1.55 bits per heavy atom. The summed E-state index contributed by atoms with van der Waals surface area (Å²) in [6, 6.07) is 2.32. The highest BCUT2D eigenvalue weighted by atomic mass is 32.1. The van der Waals surface area contributed by atoms with Crippen molar-refractivity contribution in [3.8, 4) is 0 Å². The molecule has 0 unspecified atom stereocenters. The van der Waals surface area contributed by atoms with Crippen LogP contribution in [0.5, 0.6) is 0 Å². The van der Waals surface area contributed by atoms with Crippen LogP contribution < -0.4 is 0 Å². The van der Waals surface area contributed by atoms with Crippen molar-refractivity contribution in [2.75, 3.05) is 0 Å². The van der Waals surface area contributed by atoms with E-state index in [2.05, 4.69) is 35.7 Å². The minimum atomic E-state index is 0.145. The van der Waals surface area contributed by atoms with Crippen molar-refractivity contribution >= 4 is 17.2 Å². The summed E-state index contributed by atoms with van der Waals surface area (Å²) >= 11 is 1.67. The highest BCUT2D eigenvalue weighted by molar-refractivity contribution is 7.07. The molecule has 20 heavy (non-hydrogen) atoms. The summed E-state index contributed by atoms with van der Waals surface area (Å²) < 4.78 is 1.89. The number of carbonyl (C=O) groups excluding carboxylic acids is 1. The Balaban J connectivity index is 2.09. The van der Waals surface area contributed by atoms with Crippen molar-refractivity contribution in [2.45, 2.75) is 46.3 Å². The molecule has 2 aromatic rings. The molecule has 2 rings (SSSR count). The fourth-order valence-corrected chi connectivity index (χ4v) is 2.76. The van der Waals surface area contributed by atoms with Gasteiger partial charge in [-0.15, -0.1) is 0 Å². The lowest BCUT2D eigenvalue weighted by atomic mass is 10.2. The summed E-state index contributed by atoms with van der Waals surface area (Å²) in [7, 11) is 0. The van der Waals surface area contributed by atoms with Crippen LogP contribution in [-0.2, 0) is 17.9 Å². The summed E-state index contributed by atoms with van der Waals surface area (Å²) in [4.78, 5) is 18.7. The molecule has 0 N–H and O–H groups in total. The third-order valence-corrected chi connectivity index (χ3v) is 4.34. The van der Waals surface area contributed by atoms with Crippen molar-refractivity contribution in [1.82, 2.24) is 14.5 Å². The molecular weight excluding hydrogens is 270 g/mol. The van der Waals surface area contributed by atoms with Crippen LogP contribution in [0.1, 0.15) is 31.7 Å². The molecule has 0 saturated heterocycles. The number of thiophene rings is 1. The fraction of sp³-hybridized carbons (Fsp3) is 0.467. The average Bonchev–Trinajstić information content (AvgIpc) is 3.08. The monoisotopic (exact) mass is 291 g/mol. The first-order chi connectivity index (χ1) is 9.61. The van der Waals surface area contributed by atoms with Gasteiger partial charge < -0.3 is 9.47 Å². The van der Waals surface area contributed by atoms with Gasteiger partial charge in [0.1, 0.15) is 12.4 Å².